The Balaban J connectivity index is 1.65. The number of benzene rings is 3. The Hall–Kier alpha value is -4.04. The van der Waals surface area contributed by atoms with Crippen LogP contribution >= 0.6 is 0 Å². The number of aliphatic hydroxyl groups is 1. The molecule has 0 spiro atoms. The number of nitrogens with one attached hydrogen (secondary N) is 1. The summed E-state index contributed by atoms with van der Waals surface area (Å²) in [7, 11) is 0.627. The van der Waals surface area contributed by atoms with E-state index in [0.29, 0.717) is 11.5 Å². The van der Waals surface area contributed by atoms with Crippen LogP contribution < -0.4 is 26.5 Å². The van der Waals surface area contributed by atoms with Gasteiger partial charge in [0.2, 0.25) is 0 Å². The van der Waals surface area contributed by atoms with Crippen molar-refractivity contribution in [1.29, 1.82) is 0 Å². The molecule has 4 atom stereocenters. The van der Waals surface area contributed by atoms with Gasteiger partial charge in [0.15, 0.2) is 20.3 Å². The van der Waals surface area contributed by atoms with Gasteiger partial charge in [0.1, 0.15) is 29.3 Å². The van der Waals surface area contributed by atoms with Crippen LogP contribution in [0.3, 0.4) is 0 Å². The lowest BCUT2D eigenvalue weighted by molar-refractivity contribution is -0.111. The van der Waals surface area contributed by atoms with Crippen LogP contribution in [0, 0.1) is 0 Å². The molecule has 0 unspecified atom stereocenters. The van der Waals surface area contributed by atoms with Crippen molar-refractivity contribution in [3.8, 4) is 11.5 Å². The molecule has 48 heavy (non-hydrogen) atoms. The average molecular weight is 676 g/mol. The fourth-order valence-corrected chi connectivity index (χ4v) is 7.09. The van der Waals surface area contributed by atoms with Gasteiger partial charge in [-0.15, -0.1) is 0 Å². The molecule has 0 aliphatic carbocycles. The largest absolute Gasteiger partial charge is 0.497 e. The lowest BCUT2D eigenvalue weighted by Crippen LogP contribution is -2.60. The number of aromatic nitrogens is 2. The molecule has 2 heterocycles. The Bertz CT molecular complexity index is 1750. The first-order valence-corrected chi connectivity index (χ1v) is 18.7. The van der Waals surface area contributed by atoms with Crippen molar-refractivity contribution in [3.63, 3.8) is 0 Å². The number of H-pyrrole nitrogens is 1. The maximum absolute atomic E-state index is 12.9. The molecule has 11 nitrogen and oxygen atoms in total. The zero-order valence-electron chi connectivity index (χ0n) is 28.4. The molecule has 0 bridgehead atoms. The summed E-state index contributed by atoms with van der Waals surface area (Å²) in [6.45, 7) is 10.2. The standard InChI is InChI=1S/C36H45N3O8Si/c1-34(2,3)48(6,7)47-31-29(46-32(36(31,37)42)39-22-21-30(40)38-33(39)41)23-45-35(24-11-9-8-10-12-24,25-13-17-27(43-4)18-14-25)26-15-19-28(44-5)20-16-26/h8-22,29,31-32,42H,23,37H2,1-7H3,(H,38,40,41)/t29-,31-,32-,36-/m1/s1. The molecule has 0 amide bonds. The van der Waals surface area contributed by atoms with Crippen molar-refractivity contribution in [1.82, 2.24) is 9.55 Å². The summed E-state index contributed by atoms with van der Waals surface area (Å²) in [5.41, 5.74) is 4.37. The number of hydrogen-bond acceptors (Lipinski definition) is 9. The van der Waals surface area contributed by atoms with Gasteiger partial charge >= 0.3 is 5.69 Å². The predicted molar refractivity (Wildman–Crippen MR) is 185 cm³/mol. The Morgan fingerprint density at radius 1 is 0.875 bits per heavy atom. The number of nitrogens with zero attached hydrogens (tertiary/aromatic N) is 1. The first kappa shape index (κ1) is 35.3. The van der Waals surface area contributed by atoms with Gasteiger partial charge in [-0.1, -0.05) is 75.4 Å². The molecule has 1 aliphatic rings. The highest BCUT2D eigenvalue weighted by Crippen LogP contribution is 2.46. The minimum absolute atomic E-state index is 0.111. The second-order valence-corrected chi connectivity index (χ2v) is 18.3. The molecule has 1 aromatic heterocycles. The highest BCUT2D eigenvalue weighted by atomic mass is 28.4. The van der Waals surface area contributed by atoms with Crippen molar-refractivity contribution in [3.05, 3.63) is 129 Å². The van der Waals surface area contributed by atoms with E-state index >= 15 is 0 Å². The maximum atomic E-state index is 12.9. The minimum Gasteiger partial charge on any atom is -0.497 e. The van der Waals surface area contributed by atoms with Crippen LogP contribution in [0.5, 0.6) is 11.5 Å². The molecule has 256 valence electrons. The Kier molecular flexibility index (Phi) is 9.89. The third kappa shape index (κ3) is 6.64. The van der Waals surface area contributed by atoms with Gasteiger partial charge in [-0.3, -0.25) is 20.1 Å². The van der Waals surface area contributed by atoms with E-state index in [1.54, 1.807) is 14.2 Å². The SMILES string of the molecule is COc1ccc(C(OC[C@H]2O[C@@H](n3ccc(=O)[nH]c3=O)[C@](N)(O)[C@@H]2O[Si](C)(C)C(C)(C)C)(c2ccccc2)c2ccc(OC)cc2)cc1. The van der Waals surface area contributed by atoms with E-state index in [-0.39, 0.29) is 11.6 Å². The van der Waals surface area contributed by atoms with Gasteiger partial charge in [0.05, 0.1) is 20.8 Å². The Morgan fingerprint density at radius 3 is 1.88 bits per heavy atom. The normalized spacial score (nSPS) is 21.6. The highest BCUT2D eigenvalue weighted by molar-refractivity contribution is 6.74. The molecule has 1 saturated heterocycles. The quantitative estimate of drug-likeness (QED) is 0.119. The predicted octanol–water partition coefficient (Wildman–Crippen LogP) is 4.50. The fraction of sp³-hybridized carbons (Fsp3) is 0.389. The van der Waals surface area contributed by atoms with Crippen LogP contribution in [-0.4, -0.2) is 61.7 Å². The number of hydrogen-bond donors (Lipinski definition) is 3. The number of rotatable bonds is 11. The zero-order valence-corrected chi connectivity index (χ0v) is 29.4. The highest BCUT2D eigenvalue weighted by Gasteiger charge is 2.59. The number of methoxy groups -OCH3 is 2. The zero-order chi connectivity index (χ0) is 34.9. The van der Waals surface area contributed by atoms with Gasteiger partial charge < -0.3 is 28.5 Å². The van der Waals surface area contributed by atoms with Crippen LogP contribution in [0.2, 0.25) is 18.1 Å². The van der Waals surface area contributed by atoms with Crippen LogP contribution in [0.1, 0.15) is 43.7 Å². The molecule has 0 saturated carbocycles. The summed E-state index contributed by atoms with van der Waals surface area (Å²) in [5, 5.41) is 11.7. The smallest absolute Gasteiger partial charge is 0.330 e. The summed E-state index contributed by atoms with van der Waals surface area (Å²) in [6, 6.07) is 26.2. The van der Waals surface area contributed by atoms with E-state index < -0.39 is 49.3 Å². The maximum Gasteiger partial charge on any atom is 0.330 e. The number of nitrogens with two attached hydrogens (primary N) is 1. The molecular weight excluding hydrogens is 630 g/mol. The monoisotopic (exact) mass is 675 g/mol. The molecule has 1 fully saturated rings. The summed E-state index contributed by atoms with van der Waals surface area (Å²) in [5.74, 6) is 1.36. The van der Waals surface area contributed by atoms with E-state index in [2.05, 4.69) is 25.8 Å². The van der Waals surface area contributed by atoms with Crippen LogP contribution in [0.4, 0.5) is 0 Å². The molecular formula is C36H45N3O8Si. The van der Waals surface area contributed by atoms with Gasteiger partial charge in [0, 0.05) is 12.3 Å². The van der Waals surface area contributed by atoms with Crippen molar-refractivity contribution >= 4 is 8.32 Å². The lowest BCUT2D eigenvalue weighted by Gasteiger charge is -2.42. The van der Waals surface area contributed by atoms with Crippen molar-refractivity contribution < 1.29 is 28.5 Å². The molecule has 12 heteroatoms. The lowest BCUT2D eigenvalue weighted by atomic mass is 9.80. The summed E-state index contributed by atoms with van der Waals surface area (Å²) >= 11 is 0. The third-order valence-electron chi connectivity index (χ3n) is 9.46. The first-order chi connectivity index (χ1) is 22.6. The molecule has 5 rings (SSSR count). The summed E-state index contributed by atoms with van der Waals surface area (Å²) in [6.07, 6.45) is -2.20. The van der Waals surface area contributed by atoms with E-state index in [1.807, 2.05) is 92.0 Å². The molecule has 1 aliphatic heterocycles. The number of ether oxygens (including phenoxy) is 4. The summed E-state index contributed by atoms with van der Waals surface area (Å²) < 4.78 is 32.3. The van der Waals surface area contributed by atoms with Gasteiger partial charge in [-0.2, -0.15) is 0 Å². The molecule has 3 aromatic carbocycles. The number of aromatic amines is 1. The van der Waals surface area contributed by atoms with Gasteiger partial charge in [0.25, 0.3) is 5.56 Å². The topological polar surface area (TPSA) is 147 Å². The van der Waals surface area contributed by atoms with E-state index in [4.69, 9.17) is 29.1 Å². The van der Waals surface area contributed by atoms with Crippen LogP contribution in [-0.2, 0) is 19.5 Å². The first-order valence-electron chi connectivity index (χ1n) is 15.8. The second-order valence-electron chi connectivity index (χ2n) is 13.5. The van der Waals surface area contributed by atoms with E-state index in [0.717, 1.165) is 21.3 Å². The van der Waals surface area contributed by atoms with E-state index in [1.165, 1.54) is 12.3 Å². The minimum atomic E-state index is -2.59. The van der Waals surface area contributed by atoms with E-state index in [9.17, 15) is 14.7 Å². The van der Waals surface area contributed by atoms with Crippen LogP contribution in [0.25, 0.3) is 0 Å². The van der Waals surface area contributed by atoms with Gasteiger partial charge in [-0.05, 0) is 59.1 Å². The van der Waals surface area contributed by atoms with Crippen LogP contribution in [0.15, 0.2) is 101 Å². The van der Waals surface area contributed by atoms with Crippen molar-refractivity contribution in [2.75, 3.05) is 20.8 Å². The van der Waals surface area contributed by atoms with Gasteiger partial charge in [-0.25, -0.2) is 4.79 Å². The Labute approximate surface area is 281 Å². The molecule has 0 radical (unpaired) electrons. The molecule has 4 aromatic rings. The van der Waals surface area contributed by atoms with Crippen molar-refractivity contribution in [2.24, 2.45) is 5.73 Å². The second kappa shape index (κ2) is 13.5. The van der Waals surface area contributed by atoms with Crippen molar-refractivity contribution in [2.45, 2.75) is 68.7 Å². The third-order valence-corrected chi connectivity index (χ3v) is 13.9. The fourth-order valence-electron chi connectivity index (χ4n) is 5.76. The summed E-state index contributed by atoms with van der Waals surface area (Å²) in [4.78, 5) is 27.0. The average Bonchev–Trinajstić information content (AvgIpc) is 3.30. The molecule has 4 N–H and O–H groups in total. The Morgan fingerprint density at radius 2 is 1.40 bits per heavy atom.